The predicted octanol–water partition coefficient (Wildman–Crippen LogP) is 3.30. The molecule has 0 aliphatic carbocycles. The number of ether oxygens (including phenoxy) is 4. The number of rotatable bonds is 8. The molecule has 1 atom stereocenters. The molecule has 0 saturated carbocycles. The van der Waals surface area contributed by atoms with Gasteiger partial charge in [0.25, 0.3) is 0 Å². The third-order valence-corrected chi connectivity index (χ3v) is 5.85. The molecule has 2 N–H and O–H groups in total. The Morgan fingerprint density at radius 3 is 2.13 bits per heavy atom. The van der Waals surface area contributed by atoms with Crippen molar-refractivity contribution in [3.8, 4) is 11.8 Å². The van der Waals surface area contributed by atoms with E-state index in [1.807, 2.05) is 0 Å². The van der Waals surface area contributed by atoms with Crippen molar-refractivity contribution >= 4 is 23.6 Å². The zero-order valence-corrected chi connectivity index (χ0v) is 21.8. The molecule has 10 nitrogen and oxygen atoms in total. The minimum atomic E-state index is -1.26. The van der Waals surface area contributed by atoms with Gasteiger partial charge in [0.1, 0.15) is 17.3 Å². The molecule has 0 bridgehead atoms. The molecule has 0 fully saturated rings. The fraction of sp³-hybridized carbons (Fsp3) is 0.286. The highest BCUT2D eigenvalue weighted by Crippen LogP contribution is 2.43. The van der Waals surface area contributed by atoms with E-state index in [0.29, 0.717) is 17.0 Å². The number of carbonyl (C=O) groups is 3. The van der Waals surface area contributed by atoms with Crippen LogP contribution in [0.4, 0.5) is 5.69 Å². The van der Waals surface area contributed by atoms with Crippen LogP contribution in [0.1, 0.15) is 32.3 Å². The number of hydrogen-bond acceptors (Lipinski definition) is 10. The Morgan fingerprint density at radius 2 is 1.61 bits per heavy atom. The van der Waals surface area contributed by atoms with Crippen molar-refractivity contribution in [2.45, 2.75) is 32.3 Å². The first-order chi connectivity index (χ1) is 18.1. The molecule has 0 radical (unpaired) electrons. The lowest BCUT2D eigenvalue weighted by molar-refractivity contribution is -0.158. The Hall–Kier alpha value is -4.78. The average Bonchev–Trinajstić information content (AvgIpc) is 2.92. The molecule has 0 saturated heterocycles. The summed E-state index contributed by atoms with van der Waals surface area (Å²) in [5.74, 6) is -2.89. The second-order valence-electron chi connectivity index (χ2n) is 8.66. The number of esters is 3. The summed E-state index contributed by atoms with van der Waals surface area (Å²) in [7, 11) is 2.36. The first-order valence-electron chi connectivity index (χ1n) is 11.7. The van der Waals surface area contributed by atoms with Crippen molar-refractivity contribution in [1.82, 2.24) is 0 Å². The molecule has 3 rings (SSSR count). The first kappa shape index (κ1) is 27.8. The Bertz CT molecular complexity index is 1320. The minimum absolute atomic E-state index is 0.0491. The normalized spacial score (nSPS) is 15.5. The number of nitrogens with zero attached hydrogens (tertiary/aromatic N) is 2. The van der Waals surface area contributed by atoms with Crippen molar-refractivity contribution in [2.75, 3.05) is 25.7 Å². The molecular formula is C28H29N3O7. The summed E-state index contributed by atoms with van der Waals surface area (Å²) in [6, 6.07) is 17.1. The zero-order chi connectivity index (χ0) is 28.0. The third-order valence-electron chi connectivity index (χ3n) is 5.85. The maximum Gasteiger partial charge on any atom is 0.355 e. The SMILES string of the molecule is CCOC(=O)C(C)(C)Oc1ccc(N2C(N)=C(C#N)C(c3ccccc3)C(C(=O)OC)=C2C(=O)OC)cc1. The van der Waals surface area contributed by atoms with Crippen molar-refractivity contribution in [3.63, 3.8) is 0 Å². The summed E-state index contributed by atoms with van der Waals surface area (Å²) < 4.78 is 20.9. The van der Waals surface area contributed by atoms with Crippen LogP contribution < -0.4 is 15.4 Å². The summed E-state index contributed by atoms with van der Waals surface area (Å²) in [6.45, 7) is 5.06. The Balaban J connectivity index is 2.18. The van der Waals surface area contributed by atoms with Gasteiger partial charge < -0.3 is 24.7 Å². The number of methoxy groups -OCH3 is 2. The molecule has 2 aromatic rings. The molecule has 0 aromatic heterocycles. The van der Waals surface area contributed by atoms with Crippen molar-refractivity contribution in [2.24, 2.45) is 5.73 Å². The van der Waals surface area contributed by atoms with Crippen molar-refractivity contribution in [1.29, 1.82) is 5.26 Å². The summed E-state index contributed by atoms with van der Waals surface area (Å²) in [4.78, 5) is 39.7. The number of benzene rings is 2. The van der Waals surface area contributed by atoms with E-state index in [4.69, 9.17) is 24.7 Å². The van der Waals surface area contributed by atoms with E-state index >= 15 is 0 Å². The largest absolute Gasteiger partial charge is 0.476 e. The topological polar surface area (TPSA) is 141 Å². The van der Waals surface area contributed by atoms with Crippen molar-refractivity contribution in [3.05, 3.63) is 82.8 Å². The first-order valence-corrected chi connectivity index (χ1v) is 11.7. The summed E-state index contributed by atoms with van der Waals surface area (Å²) in [5.41, 5.74) is 5.90. The van der Waals surface area contributed by atoms with Gasteiger partial charge in [-0.3, -0.25) is 4.90 Å². The van der Waals surface area contributed by atoms with Gasteiger partial charge in [-0.1, -0.05) is 30.3 Å². The van der Waals surface area contributed by atoms with Crippen LogP contribution >= 0.6 is 0 Å². The van der Waals surface area contributed by atoms with Gasteiger partial charge >= 0.3 is 17.9 Å². The van der Waals surface area contributed by atoms with E-state index < -0.39 is 29.4 Å². The summed E-state index contributed by atoms with van der Waals surface area (Å²) >= 11 is 0. The van der Waals surface area contributed by atoms with E-state index in [2.05, 4.69) is 6.07 Å². The van der Waals surface area contributed by atoms with Crippen LogP contribution in [0.2, 0.25) is 0 Å². The molecule has 0 amide bonds. The number of nitrogens with two attached hydrogens (primary N) is 1. The summed E-state index contributed by atoms with van der Waals surface area (Å²) in [5, 5.41) is 10.1. The van der Waals surface area contributed by atoms with Crippen LogP contribution in [-0.2, 0) is 28.6 Å². The lowest BCUT2D eigenvalue weighted by atomic mass is 9.81. The molecule has 1 aliphatic rings. The van der Waals surface area contributed by atoms with Crippen LogP contribution in [0.5, 0.6) is 5.75 Å². The van der Waals surface area contributed by atoms with Crippen LogP contribution in [0.15, 0.2) is 77.3 Å². The Labute approximate surface area is 220 Å². The van der Waals surface area contributed by atoms with Gasteiger partial charge in [0.05, 0.1) is 44.0 Å². The molecule has 198 valence electrons. The van der Waals surface area contributed by atoms with E-state index in [1.165, 1.54) is 19.1 Å². The highest BCUT2D eigenvalue weighted by molar-refractivity contribution is 6.06. The lowest BCUT2D eigenvalue weighted by Crippen LogP contribution is -2.41. The van der Waals surface area contributed by atoms with Gasteiger partial charge in [0.15, 0.2) is 5.60 Å². The molecular weight excluding hydrogens is 490 g/mol. The Kier molecular flexibility index (Phi) is 8.43. The molecule has 1 aliphatic heterocycles. The van der Waals surface area contributed by atoms with Gasteiger partial charge in [0, 0.05) is 5.69 Å². The van der Waals surface area contributed by atoms with Gasteiger partial charge in [-0.15, -0.1) is 0 Å². The number of nitriles is 1. The van der Waals surface area contributed by atoms with Crippen LogP contribution in [-0.4, -0.2) is 44.3 Å². The van der Waals surface area contributed by atoms with E-state index in [1.54, 1.807) is 75.4 Å². The van der Waals surface area contributed by atoms with Crippen molar-refractivity contribution < 1.29 is 33.3 Å². The lowest BCUT2D eigenvalue weighted by Gasteiger charge is -2.36. The van der Waals surface area contributed by atoms with E-state index in [0.717, 1.165) is 0 Å². The quantitative estimate of drug-likeness (QED) is 0.408. The van der Waals surface area contributed by atoms with Crippen LogP contribution in [0.25, 0.3) is 0 Å². The summed E-state index contributed by atoms with van der Waals surface area (Å²) in [6.07, 6.45) is 0. The van der Waals surface area contributed by atoms with Crippen LogP contribution in [0.3, 0.4) is 0 Å². The molecule has 1 heterocycles. The second-order valence-corrected chi connectivity index (χ2v) is 8.66. The fourth-order valence-electron chi connectivity index (χ4n) is 4.09. The van der Waals surface area contributed by atoms with Gasteiger partial charge in [-0.25, -0.2) is 14.4 Å². The highest BCUT2D eigenvalue weighted by atomic mass is 16.6. The molecule has 0 spiro atoms. The second kappa shape index (κ2) is 11.5. The maximum atomic E-state index is 13.1. The molecule has 10 heteroatoms. The monoisotopic (exact) mass is 519 g/mol. The Morgan fingerprint density at radius 1 is 1.00 bits per heavy atom. The number of allylic oxidation sites excluding steroid dienone is 1. The van der Waals surface area contributed by atoms with Gasteiger partial charge in [-0.05, 0) is 50.6 Å². The average molecular weight is 520 g/mol. The zero-order valence-electron chi connectivity index (χ0n) is 21.8. The minimum Gasteiger partial charge on any atom is -0.476 e. The molecule has 38 heavy (non-hydrogen) atoms. The van der Waals surface area contributed by atoms with E-state index in [-0.39, 0.29) is 29.3 Å². The van der Waals surface area contributed by atoms with Gasteiger partial charge in [-0.2, -0.15) is 5.26 Å². The highest BCUT2D eigenvalue weighted by Gasteiger charge is 2.43. The van der Waals surface area contributed by atoms with E-state index in [9.17, 15) is 19.6 Å². The fourth-order valence-corrected chi connectivity index (χ4v) is 4.09. The third kappa shape index (κ3) is 5.32. The predicted molar refractivity (Wildman–Crippen MR) is 137 cm³/mol. The smallest absolute Gasteiger partial charge is 0.355 e. The number of hydrogen-bond donors (Lipinski definition) is 1. The number of carbonyl (C=O) groups excluding carboxylic acids is 3. The van der Waals surface area contributed by atoms with Gasteiger partial charge in [0.2, 0.25) is 0 Å². The maximum absolute atomic E-state index is 13.1. The standard InChI is InChI=1S/C28H29N3O7/c1-6-37-27(34)28(2,3)38-19-14-12-18(13-15-19)31-23(26(33)36-5)22(25(32)35-4)21(20(16-29)24(31)30)17-10-8-7-9-11-17/h7-15,21H,6,30H2,1-5H3. The number of anilines is 1. The molecule has 1 unspecified atom stereocenters. The molecule has 2 aromatic carbocycles. The van der Waals surface area contributed by atoms with Crippen LogP contribution in [0, 0.1) is 11.3 Å².